The van der Waals surface area contributed by atoms with Crippen molar-refractivity contribution in [1.29, 1.82) is 10.5 Å². The van der Waals surface area contributed by atoms with E-state index in [0.717, 1.165) is 5.56 Å². The van der Waals surface area contributed by atoms with Gasteiger partial charge in [-0.25, -0.2) is 4.79 Å². The van der Waals surface area contributed by atoms with E-state index in [9.17, 15) is 4.79 Å². The van der Waals surface area contributed by atoms with Gasteiger partial charge in [-0.3, -0.25) is 0 Å². The fourth-order valence-corrected chi connectivity index (χ4v) is 1.91. The number of nitrogens with zero attached hydrogens (tertiary/aromatic N) is 2. The fourth-order valence-electron chi connectivity index (χ4n) is 1.91. The number of hydrogen-bond acceptors (Lipinski definition) is 5. The highest BCUT2D eigenvalue weighted by atomic mass is 16.5. The first-order valence-corrected chi connectivity index (χ1v) is 7.08. The van der Waals surface area contributed by atoms with Crippen LogP contribution in [-0.2, 0) is 16.1 Å². The van der Waals surface area contributed by atoms with Crippen molar-refractivity contribution in [2.45, 2.75) is 6.61 Å². The minimum absolute atomic E-state index is 0.0339. The van der Waals surface area contributed by atoms with Gasteiger partial charge >= 0.3 is 5.97 Å². The van der Waals surface area contributed by atoms with Gasteiger partial charge in [-0.05, 0) is 41.5 Å². The number of methoxy groups -OCH3 is 1. The molecule has 0 bridgehead atoms. The molecule has 0 aliphatic heterocycles. The third-order valence-corrected chi connectivity index (χ3v) is 3.22. The molecule has 0 spiro atoms. The van der Waals surface area contributed by atoms with Crippen LogP contribution in [0.5, 0.6) is 5.75 Å². The molecule has 0 aliphatic rings. The fraction of sp³-hybridized carbons (Fsp3) is 0.105. The van der Waals surface area contributed by atoms with Gasteiger partial charge in [-0.2, -0.15) is 10.5 Å². The Morgan fingerprint density at radius 3 is 2.29 bits per heavy atom. The second-order valence-electron chi connectivity index (χ2n) is 4.83. The van der Waals surface area contributed by atoms with Crippen molar-refractivity contribution in [3.63, 3.8) is 0 Å². The Hall–Kier alpha value is -3.57. The van der Waals surface area contributed by atoms with Crippen molar-refractivity contribution >= 4 is 12.0 Å². The van der Waals surface area contributed by atoms with E-state index in [1.807, 2.05) is 12.1 Å². The minimum Gasteiger partial charge on any atom is -0.497 e. The van der Waals surface area contributed by atoms with Crippen molar-refractivity contribution in [2.24, 2.45) is 0 Å². The van der Waals surface area contributed by atoms with E-state index in [1.165, 1.54) is 6.08 Å². The van der Waals surface area contributed by atoms with Crippen LogP contribution in [0.15, 0.2) is 54.1 Å². The van der Waals surface area contributed by atoms with Gasteiger partial charge in [0.25, 0.3) is 0 Å². The van der Waals surface area contributed by atoms with Gasteiger partial charge in [0, 0.05) is 0 Å². The molecule has 2 aromatic rings. The van der Waals surface area contributed by atoms with Crippen LogP contribution in [0.1, 0.15) is 16.7 Å². The maximum atomic E-state index is 12.0. The van der Waals surface area contributed by atoms with Gasteiger partial charge in [0.1, 0.15) is 24.0 Å². The van der Waals surface area contributed by atoms with Gasteiger partial charge in [0.15, 0.2) is 0 Å². The lowest BCUT2D eigenvalue weighted by Crippen LogP contribution is -2.06. The molecule has 0 unspecified atom stereocenters. The van der Waals surface area contributed by atoms with Crippen LogP contribution in [0.4, 0.5) is 0 Å². The number of carbonyl (C=O) groups excluding carboxylic acids is 1. The lowest BCUT2D eigenvalue weighted by atomic mass is 10.1. The molecule has 0 heterocycles. The summed E-state index contributed by atoms with van der Waals surface area (Å²) in [6.45, 7) is 0.0339. The largest absolute Gasteiger partial charge is 0.497 e. The summed E-state index contributed by atoms with van der Waals surface area (Å²) in [4.78, 5) is 12.0. The average molecular weight is 318 g/mol. The Balaban J connectivity index is 2.03. The molecule has 0 radical (unpaired) electrons. The maximum Gasteiger partial charge on any atom is 0.349 e. The Morgan fingerprint density at radius 1 is 1.08 bits per heavy atom. The number of carbonyl (C=O) groups is 1. The zero-order valence-electron chi connectivity index (χ0n) is 13.0. The topological polar surface area (TPSA) is 83.1 Å². The van der Waals surface area contributed by atoms with Gasteiger partial charge in [-0.1, -0.05) is 24.3 Å². The predicted octanol–water partition coefficient (Wildman–Crippen LogP) is 3.22. The van der Waals surface area contributed by atoms with Crippen molar-refractivity contribution in [1.82, 2.24) is 0 Å². The van der Waals surface area contributed by atoms with E-state index in [1.54, 1.807) is 55.6 Å². The van der Waals surface area contributed by atoms with E-state index < -0.39 is 5.97 Å². The zero-order chi connectivity index (χ0) is 17.4. The lowest BCUT2D eigenvalue weighted by Gasteiger charge is -2.04. The normalized spacial score (nSPS) is 10.4. The predicted molar refractivity (Wildman–Crippen MR) is 87.5 cm³/mol. The standard InChI is InChI=1S/C19H14N2O3/c1-23-18-8-6-14(7-9-18)10-17(12-21)19(22)24-13-16-4-2-15(11-20)3-5-16/h2-10H,13H2,1H3/b17-10+. The quantitative estimate of drug-likeness (QED) is 0.480. The summed E-state index contributed by atoms with van der Waals surface area (Å²) in [7, 11) is 1.56. The van der Waals surface area contributed by atoms with Gasteiger partial charge in [0.05, 0.1) is 18.7 Å². The molecule has 5 heteroatoms. The molecule has 118 valence electrons. The number of ether oxygens (including phenoxy) is 2. The Bertz CT molecular complexity index is 823. The summed E-state index contributed by atoms with van der Waals surface area (Å²) in [6.07, 6.45) is 1.46. The Kier molecular flexibility index (Phi) is 5.71. The Labute approximate surface area is 140 Å². The first-order chi connectivity index (χ1) is 11.7. The van der Waals surface area contributed by atoms with E-state index in [-0.39, 0.29) is 12.2 Å². The molecule has 0 aliphatic carbocycles. The van der Waals surface area contributed by atoms with Crippen molar-refractivity contribution in [3.8, 4) is 17.9 Å². The molecule has 2 aromatic carbocycles. The lowest BCUT2D eigenvalue weighted by molar-refractivity contribution is -0.139. The first-order valence-electron chi connectivity index (χ1n) is 7.08. The molecule has 0 atom stereocenters. The summed E-state index contributed by atoms with van der Waals surface area (Å²) in [5.41, 5.74) is 1.88. The molecular weight excluding hydrogens is 304 g/mol. The van der Waals surface area contributed by atoms with Gasteiger partial charge < -0.3 is 9.47 Å². The van der Waals surface area contributed by atoms with Crippen LogP contribution in [0.3, 0.4) is 0 Å². The summed E-state index contributed by atoms with van der Waals surface area (Å²) in [5, 5.41) is 17.9. The number of hydrogen-bond donors (Lipinski definition) is 0. The summed E-state index contributed by atoms with van der Waals surface area (Å²) in [6, 6.07) is 17.5. The van der Waals surface area contributed by atoms with Gasteiger partial charge in [-0.15, -0.1) is 0 Å². The Morgan fingerprint density at radius 2 is 1.75 bits per heavy atom. The highest BCUT2D eigenvalue weighted by Gasteiger charge is 2.11. The number of rotatable bonds is 5. The van der Waals surface area contributed by atoms with Crippen LogP contribution in [0, 0.1) is 22.7 Å². The molecule has 5 nitrogen and oxygen atoms in total. The molecule has 0 aromatic heterocycles. The van der Waals surface area contributed by atoms with Crippen LogP contribution < -0.4 is 4.74 Å². The first kappa shape index (κ1) is 16.8. The molecule has 2 rings (SSSR count). The minimum atomic E-state index is -0.697. The average Bonchev–Trinajstić information content (AvgIpc) is 2.65. The smallest absolute Gasteiger partial charge is 0.349 e. The van der Waals surface area contributed by atoms with E-state index in [4.69, 9.17) is 20.0 Å². The van der Waals surface area contributed by atoms with Crippen molar-refractivity contribution in [3.05, 3.63) is 70.8 Å². The number of benzene rings is 2. The highest BCUT2D eigenvalue weighted by Crippen LogP contribution is 2.15. The summed E-state index contributed by atoms with van der Waals surface area (Å²) in [5.74, 6) is -0.00766. The maximum absolute atomic E-state index is 12.0. The molecule has 0 amide bonds. The van der Waals surface area contributed by atoms with Gasteiger partial charge in [0.2, 0.25) is 0 Å². The third kappa shape index (κ3) is 4.46. The second kappa shape index (κ2) is 8.17. The van der Waals surface area contributed by atoms with Crippen LogP contribution in [0.2, 0.25) is 0 Å². The van der Waals surface area contributed by atoms with Crippen LogP contribution in [-0.4, -0.2) is 13.1 Å². The van der Waals surface area contributed by atoms with Crippen LogP contribution >= 0.6 is 0 Å². The molecule has 0 N–H and O–H groups in total. The van der Waals surface area contributed by atoms with Crippen LogP contribution in [0.25, 0.3) is 6.08 Å². The van der Waals surface area contributed by atoms with Crippen molar-refractivity contribution < 1.29 is 14.3 Å². The molecule has 0 saturated carbocycles. The van der Waals surface area contributed by atoms with Crippen molar-refractivity contribution in [2.75, 3.05) is 7.11 Å². The second-order valence-corrected chi connectivity index (χ2v) is 4.83. The van der Waals surface area contributed by atoms with E-state index >= 15 is 0 Å². The molecule has 0 fully saturated rings. The molecule has 24 heavy (non-hydrogen) atoms. The zero-order valence-corrected chi connectivity index (χ0v) is 13.0. The number of esters is 1. The van der Waals surface area contributed by atoms with E-state index in [2.05, 4.69) is 0 Å². The summed E-state index contributed by atoms with van der Waals surface area (Å²) >= 11 is 0. The molecular formula is C19H14N2O3. The monoisotopic (exact) mass is 318 g/mol. The highest BCUT2D eigenvalue weighted by molar-refractivity contribution is 5.97. The third-order valence-electron chi connectivity index (χ3n) is 3.22. The van der Waals surface area contributed by atoms with E-state index in [0.29, 0.717) is 16.9 Å². The summed E-state index contributed by atoms with van der Waals surface area (Å²) < 4.78 is 10.2. The SMILES string of the molecule is COc1ccc(/C=C(\C#N)C(=O)OCc2ccc(C#N)cc2)cc1. The number of nitriles is 2. The molecule has 0 saturated heterocycles.